The molecule has 8 heteroatoms. The van der Waals surface area contributed by atoms with Crippen molar-refractivity contribution in [3.63, 3.8) is 0 Å². The van der Waals surface area contributed by atoms with E-state index in [-0.39, 0.29) is 17.3 Å². The maximum absolute atomic E-state index is 13.2. The summed E-state index contributed by atoms with van der Waals surface area (Å²) < 4.78 is 13.1. The van der Waals surface area contributed by atoms with Gasteiger partial charge in [-0.25, -0.2) is 14.2 Å². The molecule has 3 aliphatic heterocycles. The van der Waals surface area contributed by atoms with Crippen LogP contribution in [0.15, 0.2) is 36.5 Å². The van der Waals surface area contributed by atoms with Crippen molar-refractivity contribution in [2.45, 2.75) is 6.54 Å². The molecule has 0 unspecified atom stereocenters. The Balaban J connectivity index is 1.25. The first kappa shape index (κ1) is 18.6. The van der Waals surface area contributed by atoms with E-state index in [1.807, 2.05) is 28.0 Å². The molecule has 0 radical (unpaired) electrons. The molecule has 1 aromatic carbocycles. The van der Waals surface area contributed by atoms with Gasteiger partial charge in [0.25, 0.3) is 0 Å². The Kier molecular flexibility index (Phi) is 4.40. The Labute approximate surface area is 174 Å². The van der Waals surface area contributed by atoms with Crippen molar-refractivity contribution in [2.24, 2.45) is 5.41 Å². The average molecular weight is 416 g/mol. The molecule has 2 saturated heterocycles. The average Bonchev–Trinajstić information content (AvgIpc) is 2.78. The molecule has 1 spiro atoms. The molecule has 2 aromatic rings. The van der Waals surface area contributed by atoms with Crippen molar-refractivity contribution < 1.29 is 9.18 Å². The van der Waals surface area contributed by atoms with E-state index in [0.29, 0.717) is 11.6 Å². The summed E-state index contributed by atoms with van der Waals surface area (Å²) in [6, 6.07) is 8.96. The number of pyridine rings is 1. The third-order valence-electron chi connectivity index (χ3n) is 6.12. The SMILES string of the molecule is CN1CCN(C(=O)N2CC3(C2)CN(c2ccc(F)cn2)C3)c2ccc(Cl)cc2C1. The number of hydrogen-bond acceptors (Lipinski definition) is 4. The van der Waals surface area contributed by atoms with Gasteiger partial charge >= 0.3 is 6.03 Å². The van der Waals surface area contributed by atoms with Gasteiger partial charge in [0, 0.05) is 56.3 Å². The Morgan fingerprint density at radius 1 is 1.14 bits per heavy atom. The molecule has 2 amide bonds. The highest BCUT2D eigenvalue weighted by Gasteiger charge is 2.54. The summed E-state index contributed by atoms with van der Waals surface area (Å²) in [5.74, 6) is 0.470. The number of nitrogens with zero attached hydrogens (tertiary/aromatic N) is 5. The van der Waals surface area contributed by atoms with Crippen molar-refractivity contribution in [1.82, 2.24) is 14.8 Å². The molecule has 3 aliphatic rings. The van der Waals surface area contributed by atoms with E-state index in [1.54, 1.807) is 6.07 Å². The minimum Gasteiger partial charge on any atom is -0.355 e. The van der Waals surface area contributed by atoms with Gasteiger partial charge in [0.15, 0.2) is 0 Å². The predicted molar refractivity (Wildman–Crippen MR) is 111 cm³/mol. The predicted octanol–water partition coefficient (Wildman–Crippen LogP) is 3.07. The van der Waals surface area contributed by atoms with E-state index >= 15 is 0 Å². The number of rotatable bonds is 1. The molecule has 0 bridgehead atoms. The number of fused-ring (bicyclic) bond motifs is 1. The van der Waals surface area contributed by atoms with Gasteiger partial charge in [-0.05, 0) is 42.9 Å². The van der Waals surface area contributed by atoms with Gasteiger partial charge in [-0.1, -0.05) is 11.6 Å². The largest absolute Gasteiger partial charge is 0.355 e. The van der Waals surface area contributed by atoms with Crippen molar-refractivity contribution in [3.8, 4) is 0 Å². The second kappa shape index (κ2) is 6.85. The second-order valence-corrected chi connectivity index (χ2v) is 8.93. The normalized spacial score (nSPS) is 20.7. The molecule has 5 rings (SSSR count). The molecule has 0 aliphatic carbocycles. The smallest absolute Gasteiger partial charge is 0.324 e. The van der Waals surface area contributed by atoms with Crippen LogP contribution >= 0.6 is 11.6 Å². The van der Waals surface area contributed by atoms with Crippen LogP contribution in [0.4, 0.5) is 20.7 Å². The zero-order valence-corrected chi connectivity index (χ0v) is 17.1. The highest BCUT2D eigenvalue weighted by atomic mass is 35.5. The van der Waals surface area contributed by atoms with Gasteiger partial charge in [-0.2, -0.15) is 0 Å². The zero-order chi connectivity index (χ0) is 20.2. The summed E-state index contributed by atoms with van der Waals surface area (Å²) in [5, 5.41) is 0.693. The maximum Gasteiger partial charge on any atom is 0.324 e. The van der Waals surface area contributed by atoms with Crippen LogP contribution in [0.5, 0.6) is 0 Å². The van der Waals surface area contributed by atoms with Crippen molar-refractivity contribution in [1.29, 1.82) is 0 Å². The summed E-state index contributed by atoms with van der Waals surface area (Å²) in [7, 11) is 2.06. The summed E-state index contributed by atoms with van der Waals surface area (Å²) in [5.41, 5.74) is 2.17. The highest BCUT2D eigenvalue weighted by Crippen LogP contribution is 2.42. The van der Waals surface area contributed by atoms with Crippen LogP contribution in [0.3, 0.4) is 0 Å². The minimum absolute atomic E-state index is 0.0628. The van der Waals surface area contributed by atoms with E-state index in [2.05, 4.69) is 21.8 Å². The lowest BCUT2D eigenvalue weighted by Gasteiger charge is -2.60. The molecule has 0 N–H and O–H groups in total. The number of carbonyl (C=O) groups is 1. The fraction of sp³-hybridized carbons (Fsp3) is 0.429. The summed E-state index contributed by atoms with van der Waals surface area (Å²) >= 11 is 6.18. The van der Waals surface area contributed by atoms with E-state index in [4.69, 9.17) is 11.6 Å². The number of benzene rings is 1. The van der Waals surface area contributed by atoms with Crippen LogP contribution in [-0.4, -0.2) is 67.1 Å². The highest BCUT2D eigenvalue weighted by molar-refractivity contribution is 6.30. The molecule has 1 aromatic heterocycles. The molecular weight excluding hydrogens is 393 g/mol. The molecule has 0 saturated carbocycles. The summed E-state index contributed by atoms with van der Waals surface area (Å²) in [4.78, 5) is 25.5. The lowest BCUT2D eigenvalue weighted by molar-refractivity contribution is 0.00963. The number of likely N-dealkylation sites (N-methyl/N-ethyl adjacent to an activating group) is 1. The van der Waals surface area contributed by atoms with Gasteiger partial charge in [-0.3, -0.25) is 4.90 Å². The quantitative estimate of drug-likeness (QED) is 0.718. The number of likely N-dealkylation sites (tertiary alicyclic amines) is 1. The second-order valence-electron chi connectivity index (χ2n) is 8.49. The minimum atomic E-state index is -0.325. The Morgan fingerprint density at radius 2 is 1.93 bits per heavy atom. The van der Waals surface area contributed by atoms with E-state index < -0.39 is 0 Å². The standard InChI is InChI=1S/C21H23ClFN5O/c1-25-6-7-28(18-4-2-16(22)8-15(18)10-25)20(29)27-13-21(14-27)11-26(12-21)19-5-3-17(23)9-24-19/h2-5,8-9H,6-7,10-14H2,1H3. The van der Waals surface area contributed by atoms with Gasteiger partial charge < -0.3 is 14.7 Å². The fourth-order valence-electron chi connectivity index (χ4n) is 4.65. The first-order valence-electron chi connectivity index (χ1n) is 9.82. The topological polar surface area (TPSA) is 42.9 Å². The number of aromatic nitrogens is 1. The van der Waals surface area contributed by atoms with Crippen molar-refractivity contribution in [3.05, 3.63) is 52.9 Å². The monoisotopic (exact) mass is 415 g/mol. The lowest BCUT2D eigenvalue weighted by Crippen LogP contribution is -2.74. The van der Waals surface area contributed by atoms with Gasteiger partial charge in [0.05, 0.1) is 11.9 Å². The van der Waals surface area contributed by atoms with Gasteiger partial charge in [-0.15, -0.1) is 0 Å². The van der Waals surface area contributed by atoms with E-state index in [9.17, 15) is 9.18 Å². The van der Waals surface area contributed by atoms with Crippen LogP contribution in [0.2, 0.25) is 5.02 Å². The lowest BCUT2D eigenvalue weighted by atomic mass is 9.73. The Hall–Kier alpha value is -2.38. The number of anilines is 2. The van der Waals surface area contributed by atoms with E-state index in [1.165, 1.54) is 12.3 Å². The molecular formula is C21H23ClFN5O. The zero-order valence-electron chi connectivity index (χ0n) is 16.3. The van der Waals surface area contributed by atoms with Crippen LogP contribution in [-0.2, 0) is 6.54 Å². The Bertz CT molecular complexity index is 939. The molecule has 2 fully saturated rings. The third kappa shape index (κ3) is 3.32. The fourth-order valence-corrected chi connectivity index (χ4v) is 4.85. The van der Waals surface area contributed by atoms with Crippen LogP contribution in [0.1, 0.15) is 5.56 Å². The van der Waals surface area contributed by atoms with Gasteiger partial charge in [0.2, 0.25) is 0 Å². The summed E-state index contributed by atoms with van der Waals surface area (Å²) in [6.07, 6.45) is 1.25. The van der Waals surface area contributed by atoms with Gasteiger partial charge in [0.1, 0.15) is 11.6 Å². The van der Waals surface area contributed by atoms with Crippen LogP contribution in [0.25, 0.3) is 0 Å². The molecule has 4 heterocycles. The molecule has 29 heavy (non-hydrogen) atoms. The van der Waals surface area contributed by atoms with Crippen molar-refractivity contribution >= 4 is 29.1 Å². The van der Waals surface area contributed by atoms with Crippen molar-refractivity contribution in [2.75, 3.05) is 56.1 Å². The first-order chi connectivity index (χ1) is 13.9. The number of urea groups is 1. The van der Waals surface area contributed by atoms with E-state index in [0.717, 1.165) is 56.3 Å². The summed E-state index contributed by atoms with van der Waals surface area (Å²) in [6.45, 7) is 5.47. The molecule has 0 atom stereocenters. The molecule has 152 valence electrons. The maximum atomic E-state index is 13.2. The number of amides is 2. The van der Waals surface area contributed by atoms with Crippen LogP contribution in [0, 0.1) is 11.2 Å². The Morgan fingerprint density at radius 3 is 2.66 bits per heavy atom. The number of carbonyl (C=O) groups excluding carboxylic acids is 1. The third-order valence-corrected chi connectivity index (χ3v) is 6.36. The number of halogens is 2. The van der Waals surface area contributed by atoms with Crippen LogP contribution < -0.4 is 9.80 Å². The first-order valence-corrected chi connectivity index (χ1v) is 10.2. The number of hydrogen-bond donors (Lipinski definition) is 0. The molecule has 6 nitrogen and oxygen atoms in total.